The van der Waals surface area contributed by atoms with E-state index in [2.05, 4.69) is 10.6 Å². The number of morpholine rings is 1. The number of aryl methyl sites for hydroxylation is 1. The first kappa shape index (κ1) is 21.7. The number of benzene rings is 2. The zero-order valence-electron chi connectivity index (χ0n) is 17.2. The maximum Gasteiger partial charge on any atom is 0.419 e. The number of nitrogens with one attached hydrogen (secondary N) is 2. The minimum atomic E-state index is -1.05. The number of nitriles is 1. The van der Waals surface area contributed by atoms with Gasteiger partial charge in [0, 0.05) is 32.1 Å². The molecule has 10 heteroatoms. The molecule has 2 aromatic carbocycles. The Kier molecular flexibility index (Phi) is 6.03. The van der Waals surface area contributed by atoms with E-state index >= 15 is 0 Å². The van der Waals surface area contributed by atoms with E-state index < -0.39 is 35.4 Å². The Labute approximate surface area is 181 Å². The van der Waals surface area contributed by atoms with Crippen molar-refractivity contribution in [3.05, 3.63) is 58.1 Å². The van der Waals surface area contributed by atoms with Gasteiger partial charge < -0.3 is 19.8 Å². The summed E-state index contributed by atoms with van der Waals surface area (Å²) in [7, 11) is 1.52. The normalized spacial score (nSPS) is 17.1. The molecule has 1 fully saturated rings. The van der Waals surface area contributed by atoms with Crippen LogP contribution in [0.25, 0.3) is 22.2 Å². The lowest BCUT2D eigenvalue weighted by Crippen LogP contribution is -2.50. The number of rotatable bonds is 5. The zero-order valence-corrected chi connectivity index (χ0v) is 17.2. The van der Waals surface area contributed by atoms with E-state index in [9.17, 15) is 23.6 Å². The molecule has 0 bridgehead atoms. The number of hydrogen-bond acceptors (Lipinski definition) is 6. The number of aromatic nitrogens is 1. The van der Waals surface area contributed by atoms with E-state index in [0.717, 1.165) is 12.1 Å². The molecule has 32 heavy (non-hydrogen) atoms. The Morgan fingerprint density at radius 2 is 2.16 bits per heavy atom. The molecule has 3 aromatic rings. The van der Waals surface area contributed by atoms with E-state index in [0.29, 0.717) is 36.4 Å². The fourth-order valence-electron chi connectivity index (χ4n) is 3.61. The first-order valence-electron chi connectivity index (χ1n) is 9.97. The quantitative estimate of drug-likeness (QED) is 0.622. The van der Waals surface area contributed by atoms with Gasteiger partial charge >= 0.3 is 5.76 Å². The molecule has 4 rings (SSSR count). The molecule has 2 atom stereocenters. The molecular weight excluding hydrogens is 422 g/mol. The molecule has 8 nitrogen and oxygen atoms in total. The summed E-state index contributed by atoms with van der Waals surface area (Å²) < 4.78 is 41.3. The van der Waals surface area contributed by atoms with Gasteiger partial charge in [-0.1, -0.05) is 6.07 Å². The maximum absolute atomic E-state index is 14.9. The third kappa shape index (κ3) is 4.26. The third-order valence-corrected chi connectivity index (χ3v) is 5.35. The predicted molar refractivity (Wildman–Crippen MR) is 111 cm³/mol. The van der Waals surface area contributed by atoms with E-state index in [4.69, 9.17) is 9.15 Å². The van der Waals surface area contributed by atoms with Gasteiger partial charge in [-0.25, -0.2) is 13.6 Å². The van der Waals surface area contributed by atoms with Crippen LogP contribution in [0.3, 0.4) is 0 Å². The first-order valence-corrected chi connectivity index (χ1v) is 9.97. The van der Waals surface area contributed by atoms with Crippen LogP contribution in [0, 0.1) is 23.0 Å². The van der Waals surface area contributed by atoms with Crippen LogP contribution in [0.15, 0.2) is 39.5 Å². The maximum atomic E-state index is 14.9. The molecule has 0 saturated carbocycles. The SMILES string of the molecule is Cn1c(=O)oc2ccc(-c3cc(F)c(C[C@@H](C#N)NC(=O)C4CNCCO4)cc3F)cc21. The Morgan fingerprint density at radius 3 is 2.88 bits per heavy atom. The number of ether oxygens (including phenoxy) is 1. The van der Waals surface area contributed by atoms with Crippen molar-refractivity contribution in [1.82, 2.24) is 15.2 Å². The molecule has 1 unspecified atom stereocenters. The van der Waals surface area contributed by atoms with Crippen molar-refractivity contribution in [3.8, 4) is 17.2 Å². The Balaban J connectivity index is 1.55. The average Bonchev–Trinajstić information content (AvgIpc) is 3.08. The molecule has 0 spiro atoms. The number of carbonyl (C=O) groups excluding carboxylic acids is 1. The number of oxazole rings is 1. The fourth-order valence-corrected chi connectivity index (χ4v) is 3.61. The highest BCUT2D eigenvalue weighted by Gasteiger charge is 2.25. The lowest BCUT2D eigenvalue weighted by atomic mass is 9.99. The van der Waals surface area contributed by atoms with Crippen molar-refractivity contribution >= 4 is 17.0 Å². The van der Waals surface area contributed by atoms with Crippen LogP contribution in [0.1, 0.15) is 5.56 Å². The Hall–Kier alpha value is -3.55. The predicted octanol–water partition coefficient (Wildman–Crippen LogP) is 1.62. The topological polar surface area (TPSA) is 109 Å². The van der Waals surface area contributed by atoms with Gasteiger partial charge in [-0.05, 0) is 35.4 Å². The average molecular weight is 442 g/mol. The monoisotopic (exact) mass is 442 g/mol. The fraction of sp³-hybridized carbons (Fsp3) is 0.318. The van der Waals surface area contributed by atoms with Crippen LogP contribution < -0.4 is 16.4 Å². The number of hydrogen-bond donors (Lipinski definition) is 2. The van der Waals surface area contributed by atoms with Crippen LogP contribution in [0.2, 0.25) is 0 Å². The Bertz CT molecular complexity index is 1270. The van der Waals surface area contributed by atoms with Crippen molar-refractivity contribution < 1.29 is 22.7 Å². The van der Waals surface area contributed by atoms with Crippen molar-refractivity contribution in [3.63, 3.8) is 0 Å². The molecule has 2 heterocycles. The minimum absolute atomic E-state index is 0.000946. The van der Waals surface area contributed by atoms with Gasteiger partial charge in [0.05, 0.1) is 18.2 Å². The van der Waals surface area contributed by atoms with Gasteiger partial charge in [0.2, 0.25) is 0 Å². The number of amides is 1. The summed E-state index contributed by atoms with van der Waals surface area (Å²) >= 11 is 0. The van der Waals surface area contributed by atoms with Gasteiger partial charge in [0.1, 0.15) is 23.8 Å². The second kappa shape index (κ2) is 8.90. The van der Waals surface area contributed by atoms with E-state index in [-0.39, 0.29) is 17.5 Å². The van der Waals surface area contributed by atoms with Crippen LogP contribution in [-0.2, 0) is 23.0 Å². The second-order valence-corrected chi connectivity index (χ2v) is 7.49. The molecule has 0 radical (unpaired) electrons. The van der Waals surface area contributed by atoms with E-state index in [1.165, 1.54) is 29.8 Å². The molecular formula is C22H20F2N4O4. The molecule has 1 aliphatic heterocycles. The smallest absolute Gasteiger partial charge is 0.408 e. The molecule has 2 N–H and O–H groups in total. The minimum Gasteiger partial charge on any atom is -0.408 e. The summed E-state index contributed by atoms with van der Waals surface area (Å²) in [5.41, 5.74) is 1.11. The number of halogens is 2. The highest BCUT2D eigenvalue weighted by molar-refractivity contribution is 5.82. The molecule has 1 aliphatic rings. The highest BCUT2D eigenvalue weighted by atomic mass is 19.1. The molecule has 1 saturated heterocycles. The summed E-state index contributed by atoms with van der Waals surface area (Å²) in [6, 6.07) is 7.48. The van der Waals surface area contributed by atoms with Gasteiger partial charge in [-0.2, -0.15) is 5.26 Å². The second-order valence-electron chi connectivity index (χ2n) is 7.49. The highest BCUT2D eigenvalue weighted by Crippen LogP contribution is 2.28. The summed E-state index contributed by atoms with van der Waals surface area (Å²) in [6.07, 6.45) is -0.946. The van der Waals surface area contributed by atoms with Gasteiger partial charge in [0.25, 0.3) is 5.91 Å². The van der Waals surface area contributed by atoms with Crippen LogP contribution in [0.4, 0.5) is 8.78 Å². The van der Waals surface area contributed by atoms with Crippen LogP contribution >= 0.6 is 0 Å². The zero-order chi connectivity index (χ0) is 22.8. The summed E-state index contributed by atoms with van der Waals surface area (Å²) in [4.78, 5) is 23.9. The van der Waals surface area contributed by atoms with Gasteiger partial charge in [-0.15, -0.1) is 0 Å². The third-order valence-electron chi connectivity index (χ3n) is 5.35. The molecule has 166 valence electrons. The molecule has 0 aliphatic carbocycles. The number of carbonyl (C=O) groups is 1. The lowest BCUT2D eigenvalue weighted by molar-refractivity contribution is -0.134. The van der Waals surface area contributed by atoms with Gasteiger partial charge in [-0.3, -0.25) is 9.36 Å². The summed E-state index contributed by atoms with van der Waals surface area (Å²) in [5.74, 6) is -2.46. The number of fused-ring (bicyclic) bond motifs is 1. The summed E-state index contributed by atoms with van der Waals surface area (Å²) in [5, 5.41) is 14.9. The molecule has 1 amide bonds. The van der Waals surface area contributed by atoms with Crippen LogP contribution in [0.5, 0.6) is 0 Å². The number of nitrogens with zero attached hydrogens (tertiary/aromatic N) is 2. The first-order chi connectivity index (χ1) is 15.4. The van der Waals surface area contributed by atoms with E-state index in [1.54, 1.807) is 0 Å². The summed E-state index contributed by atoms with van der Waals surface area (Å²) in [6.45, 7) is 1.32. The van der Waals surface area contributed by atoms with Crippen molar-refractivity contribution in [1.29, 1.82) is 5.26 Å². The Morgan fingerprint density at radius 1 is 1.34 bits per heavy atom. The van der Waals surface area contributed by atoms with Crippen LogP contribution in [-0.4, -0.2) is 42.3 Å². The van der Waals surface area contributed by atoms with Gasteiger partial charge in [0.15, 0.2) is 5.58 Å². The van der Waals surface area contributed by atoms with E-state index in [1.807, 2.05) is 6.07 Å². The van der Waals surface area contributed by atoms with Crippen molar-refractivity contribution in [2.75, 3.05) is 19.7 Å². The van der Waals surface area contributed by atoms with Crippen molar-refractivity contribution in [2.45, 2.75) is 18.6 Å². The lowest BCUT2D eigenvalue weighted by Gasteiger charge is -2.24. The largest absolute Gasteiger partial charge is 0.419 e. The van der Waals surface area contributed by atoms with Crippen molar-refractivity contribution in [2.24, 2.45) is 7.05 Å². The molecule has 1 aromatic heterocycles. The standard InChI is InChI=1S/C22H20F2N4O4/c1-28-18-8-12(2-3-19(18)32-22(28)30)15-9-16(23)13(7-17(15)24)6-14(10-25)27-21(29)20-11-26-4-5-31-20/h2-3,7-9,14,20,26H,4-6,11H2,1H3,(H,27,29)/t14-,20?/m0/s1.